The van der Waals surface area contributed by atoms with Gasteiger partial charge in [0.15, 0.2) is 0 Å². The highest BCUT2D eigenvalue weighted by Gasteiger charge is 2.18. The number of furan rings is 1. The van der Waals surface area contributed by atoms with Crippen LogP contribution in [-0.2, 0) is 0 Å². The van der Waals surface area contributed by atoms with Gasteiger partial charge in [0.05, 0.1) is 0 Å². The monoisotopic (exact) mass is 639 g/mol. The molecule has 2 nitrogen and oxygen atoms in total. The summed E-state index contributed by atoms with van der Waals surface area (Å²) in [4.78, 5) is 2.37. The molecule has 8 aromatic carbocycles. The number of rotatable bonds is 7. The van der Waals surface area contributed by atoms with Crippen LogP contribution in [0.4, 0.5) is 17.1 Å². The van der Waals surface area contributed by atoms with Crippen molar-refractivity contribution in [3.8, 4) is 44.5 Å². The van der Waals surface area contributed by atoms with E-state index in [1.807, 2.05) is 12.1 Å². The molecule has 0 atom stereocenters. The van der Waals surface area contributed by atoms with Crippen molar-refractivity contribution in [3.05, 3.63) is 200 Å². The number of nitrogens with zero attached hydrogens (tertiary/aromatic N) is 1. The first-order chi connectivity index (χ1) is 24.8. The molecular formula is C48H33NO. The molecule has 0 amide bonds. The predicted molar refractivity (Wildman–Crippen MR) is 210 cm³/mol. The molecular weight excluding hydrogens is 607 g/mol. The summed E-state index contributed by atoms with van der Waals surface area (Å²) in [5.74, 6) is 0. The van der Waals surface area contributed by atoms with Gasteiger partial charge in [0.1, 0.15) is 11.2 Å². The van der Waals surface area contributed by atoms with Gasteiger partial charge in [-0.2, -0.15) is 0 Å². The maximum atomic E-state index is 6.48. The highest BCUT2D eigenvalue weighted by Crippen LogP contribution is 2.42. The fraction of sp³-hybridized carbons (Fsp3) is 0. The average molecular weight is 640 g/mol. The van der Waals surface area contributed by atoms with Crippen LogP contribution in [0.25, 0.3) is 66.4 Å². The first-order valence-corrected chi connectivity index (χ1v) is 17.0. The zero-order valence-corrected chi connectivity index (χ0v) is 27.4. The number of fused-ring (bicyclic) bond motifs is 3. The van der Waals surface area contributed by atoms with E-state index in [4.69, 9.17) is 4.42 Å². The Labute approximate surface area is 292 Å². The van der Waals surface area contributed by atoms with Crippen LogP contribution < -0.4 is 4.90 Å². The van der Waals surface area contributed by atoms with Gasteiger partial charge < -0.3 is 9.32 Å². The highest BCUT2D eigenvalue weighted by molar-refractivity contribution is 6.09. The first-order valence-electron chi connectivity index (χ1n) is 17.0. The van der Waals surface area contributed by atoms with Crippen LogP contribution in [0, 0.1) is 0 Å². The second kappa shape index (κ2) is 12.8. The molecule has 1 heterocycles. The largest absolute Gasteiger partial charge is 0.455 e. The van der Waals surface area contributed by atoms with Crippen LogP contribution in [-0.4, -0.2) is 0 Å². The molecule has 236 valence electrons. The number of anilines is 3. The Morgan fingerprint density at radius 1 is 0.300 bits per heavy atom. The van der Waals surface area contributed by atoms with Crippen molar-refractivity contribution in [1.82, 2.24) is 0 Å². The molecule has 0 aliphatic carbocycles. The molecule has 0 unspecified atom stereocenters. The molecule has 0 aliphatic heterocycles. The molecule has 2 heteroatoms. The van der Waals surface area contributed by atoms with Crippen LogP contribution >= 0.6 is 0 Å². The lowest BCUT2D eigenvalue weighted by Gasteiger charge is -2.27. The molecule has 0 spiro atoms. The lowest BCUT2D eigenvalue weighted by Crippen LogP contribution is -2.10. The van der Waals surface area contributed by atoms with Crippen LogP contribution in [0.2, 0.25) is 0 Å². The zero-order chi connectivity index (χ0) is 33.3. The van der Waals surface area contributed by atoms with Crippen molar-refractivity contribution < 1.29 is 4.42 Å². The highest BCUT2D eigenvalue weighted by atomic mass is 16.3. The molecule has 50 heavy (non-hydrogen) atoms. The summed E-state index contributed by atoms with van der Waals surface area (Å²) in [6, 6.07) is 71.1. The van der Waals surface area contributed by atoms with Crippen molar-refractivity contribution in [3.63, 3.8) is 0 Å². The summed E-state index contributed by atoms with van der Waals surface area (Å²) >= 11 is 0. The molecule has 1 aromatic heterocycles. The smallest absolute Gasteiger partial charge is 0.143 e. The lowest BCUT2D eigenvalue weighted by atomic mass is 9.96. The number of para-hydroxylation sites is 2. The third-order valence-corrected chi connectivity index (χ3v) is 9.44. The Morgan fingerprint density at radius 3 is 1.46 bits per heavy atom. The van der Waals surface area contributed by atoms with E-state index in [0.717, 1.165) is 61.3 Å². The van der Waals surface area contributed by atoms with E-state index in [9.17, 15) is 0 Å². The molecule has 9 rings (SSSR count). The van der Waals surface area contributed by atoms with Gasteiger partial charge in [0, 0.05) is 33.4 Å². The molecule has 0 N–H and O–H groups in total. The van der Waals surface area contributed by atoms with Crippen LogP contribution in [0.1, 0.15) is 0 Å². The lowest BCUT2D eigenvalue weighted by molar-refractivity contribution is 0.670. The molecule has 0 aliphatic rings. The second-order valence-electron chi connectivity index (χ2n) is 12.6. The summed E-state index contributed by atoms with van der Waals surface area (Å²) in [7, 11) is 0. The van der Waals surface area contributed by atoms with E-state index < -0.39 is 0 Å². The Morgan fingerprint density at radius 2 is 0.800 bits per heavy atom. The topological polar surface area (TPSA) is 16.4 Å². The second-order valence-corrected chi connectivity index (χ2v) is 12.6. The van der Waals surface area contributed by atoms with E-state index in [1.165, 1.54) is 22.3 Å². The van der Waals surface area contributed by atoms with Crippen molar-refractivity contribution in [2.24, 2.45) is 0 Å². The summed E-state index contributed by atoms with van der Waals surface area (Å²) in [5.41, 5.74) is 14.3. The van der Waals surface area contributed by atoms with E-state index in [2.05, 4.69) is 193 Å². The first kappa shape index (κ1) is 29.5. The van der Waals surface area contributed by atoms with Gasteiger partial charge in [-0.3, -0.25) is 0 Å². The Bertz CT molecular complexity index is 2510. The van der Waals surface area contributed by atoms with Crippen molar-refractivity contribution in [2.75, 3.05) is 4.90 Å². The van der Waals surface area contributed by atoms with Crippen LogP contribution in [0.5, 0.6) is 0 Å². The Balaban J connectivity index is 1.24. The van der Waals surface area contributed by atoms with Crippen molar-refractivity contribution >= 4 is 39.0 Å². The minimum absolute atomic E-state index is 0.900. The van der Waals surface area contributed by atoms with Gasteiger partial charge in [0.25, 0.3) is 0 Å². The average Bonchev–Trinajstić information content (AvgIpc) is 3.58. The van der Waals surface area contributed by atoms with Gasteiger partial charge in [-0.05, 0) is 87.5 Å². The normalized spacial score (nSPS) is 11.2. The van der Waals surface area contributed by atoms with Crippen LogP contribution in [0.3, 0.4) is 0 Å². The van der Waals surface area contributed by atoms with E-state index >= 15 is 0 Å². The molecule has 0 radical (unpaired) electrons. The summed E-state index contributed by atoms with van der Waals surface area (Å²) < 4.78 is 6.48. The number of hydrogen-bond acceptors (Lipinski definition) is 2. The zero-order valence-electron chi connectivity index (χ0n) is 27.4. The number of benzene rings is 8. The summed E-state index contributed by atoms with van der Waals surface area (Å²) in [6.07, 6.45) is 0. The molecule has 0 bridgehead atoms. The van der Waals surface area contributed by atoms with E-state index in [1.54, 1.807) is 0 Å². The summed E-state index contributed by atoms with van der Waals surface area (Å²) in [6.45, 7) is 0. The van der Waals surface area contributed by atoms with Crippen LogP contribution in [0.15, 0.2) is 205 Å². The Kier molecular flexibility index (Phi) is 7.53. The van der Waals surface area contributed by atoms with Gasteiger partial charge in [0.2, 0.25) is 0 Å². The third kappa shape index (κ3) is 5.53. The minimum atomic E-state index is 0.900. The number of hydrogen-bond donors (Lipinski definition) is 0. The summed E-state index contributed by atoms with van der Waals surface area (Å²) in [5, 5.41) is 2.26. The third-order valence-electron chi connectivity index (χ3n) is 9.44. The fourth-order valence-corrected chi connectivity index (χ4v) is 7.00. The molecule has 0 saturated heterocycles. The maximum Gasteiger partial charge on any atom is 0.143 e. The van der Waals surface area contributed by atoms with Crippen molar-refractivity contribution in [1.29, 1.82) is 0 Å². The van der Waals surface area contributed by atoms with Crippen molar-refractivity contribution in [2.45, 2.75) is 0 Å². The van der Waals surface area contributed by atoms with Gasteiger partial charge in [-0.1, -0.05) is 152 Å². The van der Waals surface area contributed by atoms with Gasteiger partial charge in [-0.15, -0.1) is 0 Å². The molecule has 0 fully saturated rings. The predicted octanol–water partition coefficient (Wildman–Crippen LogP) is 13.7. The van der Waals surface area contributed by atoms with E-state index in [-0.39, 0.29) is 0 Å². The minimum Gasteiger partial charge on any atom is -0.455 e. The van der Waals surface area contributed by atoms with E-state index in [0.29, 0.717) is 0 Å². The standard InChI is InChI=1S/C48H33NO/c1-4-14-34(15-5-1)37-26-28-41(29-27-37)49(43-32-39(35-16-6-2-7-17-35)30-40(33-43)36-18-8-3-9-19-36)42-21-12-20-38(31-42)44-23-13-24-46-45-22-10-11-25-47(45)50-48(44)46/h1-33H. The van der Waals surface area contributed by atoms with Gasteiger partial charge in [-0.25, -0.2) is 0 Å². The SMILES string of the molecule is c1ccc(-c2ccc(N(c3cc(-c4ccccc4)cc(-c4ccccc4)c3)c3cccc(-c4cccc5c4oc4ccccc45)c3)cc2)cc1. The van der Waals surface area contributed by atoms with Gasteiger partial charge >= 0.3 is 0 Å². The molecule has 9 aromatic rings. The maximum absolute atomic E-state index is 6.48. The molecule has 0 saturated carbocycles. The Hall–Kier alpha value is -6.64. The fourth-order valence-electron chi connectivity index (χ4n) is 7.00. The quantitative estimate of drug-likeness (QED) is 0.173.